The zero-order valence-electron chi connectivity index (χ0n) is 15.2. The Labute approximate surface area is 150 Å². The fraction of sp³-hybridized carbons (Fsp3) is 0.684. The van der Waals surface area contributed by atoms with Crippen molar-refractivity contribution in [1.82, 2.24) is 9.88 Å². The van der Waals surface area contributed by atoms with E-state index in [9.17, 15) is 9.90 Å². The zero-order chi connectivity index (χ0) is 17.6. The van der Waals surface area contributed by atoms with Crippen molar-refractivity contribution in [3.05, 3.63) is 18.3 Å². The normalized spacial score (nSPS) is 25.0. The molecule has 0 bridgehead atoms. The lowest BCUT2D eigenvalue weighted by Gasteiger charge is -2.38. The van der Waals surface area contributed by atoms with Gasteiger partial charge >= 0.3 is 0 Å². The number of carbonyl (C=O) groups excluding carboxylic acids is 1. The molecule has 2 saturated heterocycles. The van der Waals surface area contributed by atoms with E-state index in [0.29, 0.717) is 12.5 Å². The van der Waals surface area contributed by atoms with Gasteiger partial charge in [-0.3, -0.25) is 9.69 Å². The summed E-state index contributed by atoms with van der Waals surface area (Å²) in [7, 11) is 0. The molecule has 0 radical (unpaired) electrons. The van der Waals surface area contributed by atoms with Crippen molar-refractivity contribution >= 4 is 17.4 Å². The van der Waals surface area contributed by atoms with Crippen LogP contribution in [0.5, 0.6) is 0 Å². The van der Waals surface area contributed by atoms with Crippen LogP contribution < -0.4 is 10.2 Å². The van der Waals surface area contributed by atoms with Crippen LogP contribution in [0, 0.1) is 5.92 Å². The van der Waals surface area contributed by atoms with Gasteiger partial charge in [0, 0.05) is 19.1 Å². The van der Waals surface area contributed by atoms with Crippen LogP contribution in [0.2, 0.25) is 0 Å². The maximum Gasteiger partial charge on any atom is 0.238 e. The maximum absolute atomic E-state index is 12.4. The number of anilines is 2. The molecule has 0 spiro atoms. The smallest absolute Gasteiger partial charge is 0.238 e. The van der Waals surface area contributed by atoms with Crippen molar-refractivity contribution in [1.29, 1.82) is 0 Å². The molecule has 2 aliphatic rings. The van der Waals surface area contributed by atoms with Gasteiger partial charge in [0.2, 0.25) is 5.91 Å². The molecule has 3 heterocycles. The SMILES string of the molecule is CC1CCCN(CC(=O)Nc2ccc(N3CCCCC3)nc2)C1CO. The molecular weight excluding hydrogens is 316 g/mol. The zero-order valence-corrected chi connectivity index (χ0v) is 15.2. The Balaban J connectivity index is 1.53. The fourth-order valence-electron chi connectivity index (χ4n) is 3.98. The van der Waals surface area contributed by atoms with Crippen LogP contribution in [0.4, 0.5) is 11.5 Å². The summed E-state index contributed by atoms with van der Waals surface area (Å²) in [5.41, 5.74) is 0.733. The van der Waals surface area contributed by atoms with Crippen LogP contribution in [-0.4, -0.2) is 59.7 Å². The number of rotatable bonds is 5. The van der Waals surface area contributed by atoms with Gasteiger partial charge in [0.15, 0.2) is 0 Å². The molecule has 2 unspecified atom stereocenters. The maximum atomic E-state index is 12.4. The van der Waals surface area contributed by atoms with Crippen molar-refractivity contribution in [3.8, 4) is 0 Å². The van der Waals surface area contributed by atoms with E-state index in [1.54, 1.807) is 6.20 Å². The first-order valence-electron chi connectivity index (χ1n) is 9.53. The molecule has 1 aromatic rings. The lowest BCUT2D eigenvalue weighted by Crippen LogP contribution is -2.49. The van der Waals surface area contributed by atoms with Crippen molar-refractivity contribution in [2.75, 3.05) is 43.0 Å². The number of amides is 1. The largest absolute Gasteiger partial charge is 0.395 e. The molecular formula is C19H30N4O2. The van der Waals surface area contributed by atoms with Gasteiger partial charge in [0.25, 0.3) is 0 Å². The highest BCUT2D eigenvalue weighted by atomic mass is 16.3. The second kappa shape index (κ2) is 8.63. The summed E-state index contributed by atoms with van der Waals surface area (Å²) in [4.78, 5) is 21.3. The quantitative estimate of drug-likeness (QED) is 0.855. The molecule has 0 aromatic carbocycles. The Hall–Kier alpha value is -1.66. The van der Waals surface area contributed by atoms with Gasteiger partial charge in [-0.05, 0) is 56.7 Å². The third-order valence-electron chi connectivity index (χ3n) is 5.48. The van der Waals surface area contributed by atoms with Crippen LogP contribution in [0.3, 0.4) is 0 Å². The molecule has 25 heavy (non-hydrogen) atoms. The average molecular weight is 346 g/mol. The van der Waals surface area contributed by atoms with Crippen LogP contribution in [0.25, 0.3) is 0 Å². The number of nitrogens with zero attached hydrogens (tertiary/aromatic N) is 3. The molecule has 0 aliphatic carbocycles. The van der Waals surface area contributed by atoms with Crippen LogP contribution in [-0.2, 0) is 4.79 Å². The summed E-state index contributed by atoms with van der Waals surface area (Å²) in [6, 6.07) is 4.00. The first kappa shape index (κ1) is 18.1. The number of nitrogens with one attached hydrogen (secondary N) is 1. The second-order valence-corrected chi connectivity index (χ2v) is 7.34. The summed E-state index contributed by atoms with van der Waals surface area (Å²) >= 11 is 0. The molecule has 3 rings (SSSR count). The highest BCUT2D eigenvalue weighted by Crippen LogP contribution is 2.23. The van der Waals surface area contributed by atoms with Gasteiger partial charge in [-0.2, -0.15) is 0 Å². The van der Waals surface area contributed by atoms with E-state index in [1.807, 2.05) is 12.1 Å². The molecule has 6 nitrogen and oxygen atoms in total. The van der Waals surface area contributed by atoms with Crippen LogP contribution in [0.15, 0.2) is 18.3 Å². The minimum atomic E-state index is -0.0416. The Morgan fingerprint density at radius 3 is 2.72 bits per heavy atom. The van der Waals surface area contributed by atoms with Crippen molar-refractivity contribution in [2.45, 2.75) is 45.1 Å². The number of likely N-dealkylation sites (tertiary alicyclic amines) is 1. The van der Waals surface area contributed by atoms with Crippen molar-refractivity contribution in [3.63, 3.8) is 0 Å². The standard InChI is InChI=1S/C19H30N4O2/c1-15-6-5-11-23(17(15)14-24)13-19(25)21-16-7-8-18(20-12-16)22-9-3-2-4-10-22/h7-8,12,15,17,24H,2-6,9-11,13-14H2,1H3,(H,21,25). The third kappa shape index (κ3) is 4.70. The molecule has 2 aliphatic heterocycles. The summed E-state index contributed by atoms with van der Waals surface area (Å²) in [5, 5.41) is 12.5. The minimum Gasteiger partial charge on any atom is -0.395 e. The number of aliphatic hydroxyl groups excluding tert-OH is 1. The number of aromatic nitrogens is 1. The lowest BCUT2D eigenvalue weighted by molar-refractivity contribution is -0.118. The third-order valence-corrected chi connectivity index (χ3v) is 5.48. The number of carbonyl (C=O) groups is 1. The van der Waals surface area contributed by atoms with Crippen molar-refractivity contribution in [2.24, 2.45) is 5.92 Å². The number of hydrogen-bond acceptors (Lipinski definition) is 5. The predicted molar refractivity (Wildman–Crippen MR) is 99.8 cm³/mol. The minimum absolute atomic E-state index is 0.0416. The first-order chi connectivity index (χ1) is 12.2. The van der Waals surface area contributed by atoms with E-state index >= 15 is 0 Å². The lowest BCUT2D eigenvalue weighted by atomic mass is 9.91. The Morgan fingerprint density at radius 2 is 2.04 bits per heavy atom. The summed E-state index contributed by atoms with van der Waals surface area (Å²) in [5.74, 6) is 1.38. The van der Waals surface area contributed by atoms with Crippen LogP contribution >= 0.6 is 0 Å². The van der Waals surface area contributed by atoms with E-state index in [2.05, 4.69) is 27.0 Å². The van der Waals surface area contributed by atoms with Gasteiger partial charge in [-0.15, -0.1) is 0 Å². The number of hydrogen-bond donors (Lipinski definition) is 2. The van der Waals surface area contributed by atoms with Gasteiger partial charge in [-0.1, -0.05) is 6.92 Å². The molecule has 0 saturated carbocycles. The summed E-state index contributed by atoms with van der Waals surface area (Å²) in [6.07, 6.45) is 7.68. The summed E-state index contributed by atoms with van der Waals surface area (Å²) < 4.78 is 0. The average Bonchev–Trinajstić information content (AvgIpc) is 2.63. The Kier molecular flexibility index (Phi) is 6.26. The van der Waals surface area contributed by atoms with Gasteiger partial charge in [0.1, 0.15) is 5.82 Å². The molecule has 1 amide bonds. The molecule has 138 valence electrons. The highest BCUT2D eigenvalue weighted by molar-refractivity contribution is 5.92. The summed E-state index contributed by atoms with van der Waals surface area (Å²) in [6.45, 7) is 5.58. The number of aliphatic hydroxyl groups is 1. The van der Waals surface area contributed by atoms with E-state index in [1.165, 1.54) is 19.3 Å². The fourth-order valence-corrected chi connectivity index (χ4v) is 3.98. The predicted octanol–water partition coefficient (Wildman–Crippen LogP) is 2.10. The van der Waals surface area contributed by atoms with E-state index < -0.39 is 0 Å². The van der Waals surface area contributed by atoms with Crippen molar-refractivity contribution < 1.29 is 9.90 Å². The van der Waals surface area contributed by atoms with E-state index in [4.69, 9.17) is 0 Å². The Morgan fingerprint density at radius 1 is 1.24 bits per heavy atom. The van der Waals surface area contributed by atoms with E-state index in [0.717, 1.165) is 44.0 Å². The molecule has 2 fully saturated rings. The molecule has 2 atom stereocenters. The molecule has 6 heteroatoms. The molecule has 1 aromatic heterocycles. The van der Waals surface area contributed by atoms with Crippen LogP contribution in [0.1, 0.15) is 39.0 Å². The topological polar surface area (TPSA) is 68.7 Å². The van der Waals surface area contributed by atoms with Gasteiger partial charge < -0.3 is 15.3 Å². The number of pyridine rings is 1. The Bertz CT molecular complexity index is 557. The molecule has 2 N–H and O–H groups in total. The monoisotopic (exact) mass is 346 g/mol. The highest BCUT2D eigenvalue weighted by Gasteiger charge is 2.29. The second-order valence-electron chi connectivity index (χ2n) is 7.34. The van der Waals surface area contributed by atoms with Gasteiger partial charge in [0.05, 0.1) is 25.0 Å². The van der Waals surface area contributed by atoms with E-state index in [-0.39, 0.29) is 18.6 Å². The number of piperidine rings is 2. The first-order valence-corrected chi connectivity index (χ1v) is 9.53. The van der Waals surface area contributed by atoms with Gasteiger partial charge in [-0.25, -0.2) is 4.98 Å².